The van der Waals surface area contributed by atoms with E-state index in [1.807, 2.05) is 6.07 Å². The lowest BCUT2D eigenvalue weighted by molar-refractivity contribution is 0.171. The number of hydrogen-bond donors (Lipinski definition) is 1. The molecular weight excluding hydrogens is 341 g/mol. The van der Waals surface area contributed by atoms with E-state index in [0.717, 1.165) is 5.56 Å². The maximum atomic E-state index is 13.2. The van der Waals surface area contributed by atoms with E-state index >= 15 is 0 Å². The number of rotatable bonds is 3. The van der Waals surface area contributed by atoms with E-state index in [1.165, 1.54) is 6.07 Å². The van der Waals surface area contributed by atoms with Crippen molar-refractivity contribution >= 4 is 21.6 Å². The van der Waals surface area contributed by atoms with Gasteiger partial charge >= 0.3 is 0 Å². The Kier molecular flexibility index (Phi) is 3.88. The molecule has 0 amide bonds. The number of nitrogen functional groups attached to an aromatic ring is 1. The number of ether oxygens (including phenoxy) is 3. The van der Waals surface area contributed by atoms with Crippen LogP contribution >= 0.6 is 15.9 Å². The van der Waals surface area contributed by atoms with Crippen LogP contribution in [0.5, 0.6) is 17.2 Å². The Morgan fingerprint density at radius 2 is 1.86 bits per heavy atom. The highest BCUT2D eigenvalue weighted by Crippen LogP contribution is 2.35. The number of halogens is 2. The molecule has 1 heterocycles. The monoisotopic (exact) mass is 353 g/mol. The van der Waals surface area contributed by atoms with E-state index in [-0.39, 0.29) is 12.4 Å². The second kappa shape index (κ2) is 5.81. The summed E-state index contributed by atoms with van der Waals surface area (Å²) in [4.78, 5) is 0. The van der Waals surface area contributed by atoms with Crippen LogP contribution in [0, 0.1) is 5.82 Å². The molecule has 0 atom stereocenters. The summed E-state index contributed by atoms with van der Waals surface area (Å²) in [6.07, 6.45) is 0. The number of nitrogens with two attached hydrogens (primary N) is 1. The number of benzene rings is 2. The fraction of sp³-hybridized carbons (Fsp3) is 0.200. The highest BCUT2D eigenvalue weighted by molar-refractivity contribution is 9.10. The van der Waals surface area contributed by atoms with Gasteiger partial charge in [-0.15, -0.1) is 0 Å². The minimum absolute atomic E-state index is 0.264. The molecular formula is C15H13BrFNO3. The first-order valence-electron chi connectivity index (χ1n) is 6.39. The molecule has 2 aromatic carbocycles. The zero-order chi connectivity index (χ0) is 14.8. The summed E-state index contributed by atoms with van der Waals surface area (Å²) in [5.41, 5.74) is 7.34. The Morgan fingerprint density at radius 3 is 2.57 bits per heavy atom. The molecule has 0 aromatic heterocycles. The van der Waals surface area contributed by atoms with E-state index in [1.54, 1.807) is 18.2 Å². The van der Waals surface area contributed by atoms with Crippen LogP contribution in [-0.2, 0) is 6.61 Å². The first-order valence-corrected chi connectivity index (χ1v) is 7.18. The molecule has 0 aliphatic carbocycles. The second-order valence-electron chi connectivity index (χ2n) is 4.56. The van der Waals surface area contributed by atoms with Crippen molar-refractivity contribution in [2.75, 3.05) is 18.9 Å². The Balaban J connectivity index is 1.77. The zero-order valence-corrected chi connectivity index (χ0v) is 12.7. The molecule has 21 heavy (non-hydrogen) atoms. The van der Waals surface area contributed by atoms with Gasteiger partial charge in [0.1, 0.15) is 31.4 Å². The van der Waals surface area contributed by atoms with Gasteiger partial charge in [0, 0.05) is 17.3 Å². The summed E-state index contributed by atoms with van der Waals surface area (Å²) in [6.45, 7) is 1.30. The molecule has 3 rings (SSSR count). The smallest absolute Gasteiger partial charge is 0.163 e. The SMILES string of the molecule is Nc1cc2c(cc1COc1ccc(F)c(Br)c1)OCCO2. The van der Waals surface area contributed by atoms with Crippen LogP contribution in [0.3, 0.4) is 0 Å². The topological polar surface area (TPSA) is 53.7 Å². The van der Waals surface area contributed by atoms with E-state index in [9.17, 15) is 4.39 Å². The molecule has 2 N–H and O–H groups in total. The summed E-state index contributed by atoms with van der Waals surface area (Å²) in [7, 11) is 0. The van der Waals surface area contributed by atoms with Crippen molar-refractivity contribution in [2.24, 2.45) is 0 Å². The first kappa shape index (κ1) is 14.0. The number of fused-ring (bicyclic) bond motifs is 1. The number of hydrogen-bond acceptors (Lipinski definition) is 4. The summed E-state index contributed by atoms with van der Waals surface area (Å²) in [5.74, 6) is 1.53. The Bertz CT molecular complexity index is 678. The van der Waals surface area contributed by atoms with Crippen LogP contribution in [0.4, 0.5) is 10.1 Å². The molecule has 0 saturated heterocycles. The minimum atomic E-state index is -0.332. The molecule has 2 aromatic rings. The van der Waals surface area contributed by atoms with Gasteiger partial charge in [-0.05, 0) is 40.2 Å². The average molecular weight is 354 g/mol. The normalized spacial score (nSPS) is 13.0. The fourth-order valence-corrected chi connectivity index (χ4v) is 2.36. The van der Waals surface area contributed by atoms with Crippen molar-refractivity contribution in [3.8, 4) is 17.2 Å². The third-order valence-electron chi connectivity index (χ3n) is 3.09. The molecule has 0 saturated carbocycles. The van der Waals surface area contributed by atoms with Crippen molar-refractivity contribution in [1.82, 2.24) is 0 Å². The highest BCUT2D eigenvalue weighted by Gasteiger charge is 2.15. The minimum Gasteiger partial charge on any atom is -0.489 e. The highest BCUT2D eigenvalue weighted by atomic mass is 79.9. The molecule has 1 aliphatic rings. The Labute approximate surface area is 129 Å². The van der Waals surface area contributed by atoms with E-state index < -0.39 is 0 Å². The molecule has 0 spiro atoms. The van der Waals surface area contributed by atoms with Crippen molar-refractivity contribution in [2.45, 2.75) is 6.61 Å². The molecule has 0 bridgehead atoms. The molecule has 0 fully saturated rings. The van der Waals surface area contributed by atoms with Crippen molar-refractivity contribution in [3.63, 3.8) is 0 Å². The Morgan fingerprint density at radius 1 is 1.14 bits per heavy atom. The van der Waals surface area contributed by atoms with E-state index in [2.05, 4.69) is 15.9 Å². The maximum Gasteiger partial charge on any atom is 0.163 e. The summed E-state index contributed by atoms with van der Waals surface area (Å²) < 4.78 is 30.1. The van der Waals surface area contributed by atoms with Gasteiger partial charge in [0.25, 0.3) is 0 Å². The van der Waals surface area contributed by atoms with Crippen molar-refractivity contribution in [3.05, 3.63) is 46.2 Å². The molecule has 110 valence electrons. The summed E-state index contributed by atoms with van der Waals surface area (Å²) in [6, 6.07) is 8.01. The summed E-state index contributed by atoms with van der Waals surface area (Å²) >= 11 is 3.12. The predicted molar refractivity (Wildman–Crippen MR) is 80.3 cm³/mol. The van der Waals surface area contributed by atoms with Gasteiger partial charge in [-0.1, -0.05) is 0 Å². The van der Waals surface area contributed by atoms with Gasteiger partial charge in [-0.3, -0.25) is 0 Å². The van der Waals surface area contributed by atoms with Gasteiger partial charge in [-0.2, -0.15) is 0 Å². The van der Waals surface area contributed by atoms with Crippen LogP contribution in [0.25, 0.3) is 0 Å². The van der Waals surface area contributed by atoms with Gasteiger partial charge in [0.2, 0.25) is 0 Å². The standard InChI is InChI=1S/C15H13BrFNO3/c16-11-6-10(1-2-12(11)17)21-8-9-5-14-15(7-13(9)18)20-4-3-19-14/h1-2,5-7H,3-4,8,18H2. The lowest BCUT2D eigenvalue weighted by Gasteiger charge is -2.20. The van der Waals surface area contributed by atoms with Gasteiger partial charge in [0.15, 0.2) is 11.5 Å². The van der Waals surface area contributed by atoms with Gasteiger partial charge in [-0.25, -0.2) is 4.39 Å². The van der Waals surface area contributed by atoms with Crippen molar-refractivity contribution in [1.29, 1.82) is 0 Å². The molecule has 0 unspecified atom stereocenters. The molecule has 6 heteroatoms. The summed E-state index contributed by atoms with van der Waals surface area (Å²) in [5, 5.41) is 0. The van der Waals surface area contributed by atoms with Crippen LogP contribution in [0.1, 0.15) is 5.56 Å². The van der Waals surface area contributed by atoms with Crippen LogP contribution in [0.2, 0.25) is 0 Å². The van der Waals surface area contributed by atoms with Crippen molar-refractivity contribution < 1.29 is 18.6 Å². The maximum absolute atomic E-state index is 13.2. The van der Waals surface area contributed by atoms with Crippen LogP contribution in [0.15, 0.2) is 34.8 Å². The fourth-order valence-electron chi connectivity index (χ4n) is 2.00. The molecule has 0 radical (unpaired) electrons. The van der Waals surface area contributed by atoms with Crippen LogP contribution < -0.4 is 19.9 Å². The predicted octanol–water partition coefficient (Wildman–Crippen LogP) is 3.52. The van der Waals surface area contributed by atoms with Crippen LogP contribution in [-0.4, -0.2) is 13.2 Å². The van der Waals surface area contributed by atoms with Gasteiger partial charge < -0.3 is 19.9 Å². The lowest BCUT2D eigenvalue weighted by Crippen LogP contribution is -2.16. The van der Waals surface area contributed by atoms with Gasteiger partial charge in [0.05, 0.1) is 4.47 Å². The average Bonchev–Trinajstić information content (AvgIpc) is 2.48. The quantitative estimate of drug-likeness (QED) is 0.857. The third-order valence-corrected chi connectivity index (χ3v) is 3.70. The molecule has 1 aliphatic heterocycles. The largest absolute Gasteiger partial charge is 0.489 e. The third kappa shape index (κ3) is 3.05. The Hall–Kier alpha value is -1.95. The second-order valence-corrected chi connectivity index (χ2v) is 5.41. The molecule has 4 nitrogen and oxygen atoms in total. The van der Waals surface area contributed by atoms with E-state index in [0.29, 0.717) is 40.6 Å². The first-order chi connectivity index (χ1) is 10.1. The lowest BCUT2D eigenvalue weighted by atomic mass is 10.1. The van der Waals surface area contributed by atoms with E-state index in [4.69, 9.17) is 19.9 Å². The zero-order valence-electron chi connectivity index (χ0n) is 11.1. The number of anilines is 1.